The summed E-state index contributed by atoms with van der Waals surface area (Å²) in [5, 5.41) is 0.572. The molecule has 5 heteroatoms. The predicted molar refractivity (Wildman–Crippen MR) is 56.8 cm³/mol. The van der Waals surface area contributed by atoms with E-state index in [-0.39, 0.29) is 12.5 Å². The van der Waals surface area contributed by atoms with Crippen molar-refractivity contribution in [1.29, 1.82) is 0 Å². The average molecular weight is 230 g/mol. The van der Waals surface area contributed by atoms with Gasteiger partial charge in [-0.2, -0.15) is 0 Å². The molecule has 0 unspecified atom stereocenters. The lowest BCUT2D eigenvalue weighted by molar-refractivity contribution is -0.133. The fraction of sp³-hybridized carbons (Fsp3) is 0.300. The first-order chi connectivity index (χ1) is 7.13. The van der Waals surface area contributed by atoms with E-state index < -0.39 is 0 Å². The first kappa shape index (κ1) is 11.8. The van der Waals surface area contributed by atoms with Gasteiger partial charge in [-0.15, -0.1) is 0 Å². The molecule has 0 fully saturated rings. The van der Waals surface area contributed by atoms with Gasteiger partial charge in [0, 0.05) is 5.02 Å². The van der Waals surface area contributed by atoms with Gasteiger partial charge in [-0.3, -0.25) is 9.63 Å². The Morgan fingerprint density at radius 1 is 1.53 bits per heavy atom. The van der Waals surface area contributed by atoms with E-state index in [4.69, 9.17) is 16.3 Å². The number of amides is 1. The first-order valence-corrected chi connectivity index (χ1v) is 4.72. The lowest BCUT2D eigenvalue weighted by Crippen LogP contribution is -2.27. The van der Waals surface area contributed by atoms with Gasteiger partial charge in [0.05, 0.1) is 7.11 Å². The van der Waals surface area contributed by atoms with E-state index >= 15 is 0 Å². The summed E-state index contributed by atoms with van der Waals surface area (Å²) in [5.41, 5.74) is 3.07. The Hall–Kier alpha value is -1.26. The molecule has 0 saturated carbocycles. The van der Waals surface area contributed by atoms with Gasteiger partial charge in [-0.1, -0.05) is 17.7 Å². The largest absolute Gasteiger partial charge is 0.483 e. The number of aryl methyl sites for hydroxylation is 1. The minimum absolute atomic E-state index is 0.102. The van der Waals surface area contributed by atoms with Crippen molar-refractivity contribution in [2.45, 2.75) is 6.92 Å². The quantitative estimate of drug-likeness (QED) is 0.800. The van der Waals surface area contributed by atoms with Crippen molar-refractivity contribution in [1.82, 2.24) is 5.48 Å². The summed E-state index contributed by atoms with van der Waals surface area (Å²) in [7, 11) is 1.36. The fourth-order valence-corrected chi connectivity index (χ4v) is 1.18. The monoisotopic (exact) mass is 229 g/mol. The van der Waals surface area contributed by atoms with Crippen molar-refractivity contribution >= 4 is 17.5 Å². The van der Waals surface area contributed by atoms with E-state index in [1.54, 1.807) is 12.1 Å². The predicted octanol–water partition coefficient (Wildman–Crippen LogP) is 1.70. The summed E-state index contributed by atoms with van der Waals surface area (Å²) < 4.78 is 5.26. The Morgan fingerprint density at radius 3 is 2.93 bits per heavy atom. The number of hydrogen-bond donors (Lipinski definition) is 1. The van der Waals surface area contributed by atoms with Crippen LogP contribution in [0.1, 0.15) is 5.56 Å². The molecule has 0 bridgehead atoms. The molecule has 1 rings (SSSR count). The number of carbonyl (C=O) groups excluding carboxylic acids is 1. The molecule has 0 aromatic heterocycles. The highest BCUT2D eigenvalue weighted by atomic mass is 35.5. The van der Waals surface area contributed by atoms with Gasteiger partial charge in [-0.05, 0) is 24.6 Å². The van der Waals surface area contributed by atoms with Crippen molar-refractivity contribution in [2.24, 2.45) is 0 Å². The lowest BCUT2D eigenvalue weighted by Gasteiger charge is -2.08. The van der Waals surface area contributed by atoms with Crippen LogP contribution in [-0.2, 0) is 9.63 Å². The van der Waals surface area contributed by atoms with Crippen LogP contribution >= 0.6 is 11.6 Å². The molecule has 0 heterocycles. The van der Waals surface area contributed by atoms with Crippen LogP contribution < -0.4 is 10.2 Å². The van der Waals surface area contributed by atoms with Gasteiger partial charge in [-0.25, -0.2) is 5.48 Å². The van der Waals surface area contributed by atoms with Crippen LogP contribution in [0.15, 0.2) is 18.2 Å². The van der Waals surface area contributed by atoms with Gasteiger partial charge in [0.1, 0.15) is 5.75 Å². The average Bonchev–Trinajstić information content (AvgIpc) is 2.20. The normalized spacial score (nSPS) is 9.80. The van der Waals surface area contributed by atoms with Crippen LogP contribution in [0.3, 0.4) is 0 Å². The Morgan fingerprint density at radius 2 is 2.27 bits per heavy atom. The molecule has 0 radical (unpaired) electrons. The zero-order chi connectivity index (χ0) is 11.3. The number of hydrogen-bond acceptors (Lipinski definition) is 3. The molecule has 0 aliphatic heterocycles. The highest BCUT2D eigenvalue weighted by Crippen LogP contribution is 2.22. The van der Waals surface area contributed by atoms with E-state index in [9.17, 15) is 4.79 Å². The molecule has 1 N–H and O–H groups in total. The molecule has 0 atom stereocenters. The van der Waals surface area contributed by atoms with Crippen LogP contribution in [0.2, 0.25) is 5.02 Å². The molecule has 4 nitrogen and oxygen atoms in total. The summed E-state index contributed by atoms with van der Waals surface area (Å²) >= 11 is 5.79. The SMILES string of the molecule is CONC(=O)COc1cc(Cl)ccc1C. The molecule has 0 aliphatic carbocycles. The van der Waals surface area contributed by atoms with Crippen molar-refractivity contribution in [3.05, 3.63) is 28.8 Å². The molecule has 1 aromatic carbocycles. The number of benzene rings is 1. The number of rotatable bonds is 4. The Labute approximate surface area is 93.1 Å². The minimum atomic E-state index is -0.350. The fourth-order valence-electron chi connectivity index (χ4n) is 1.02. The second kappa shape index (κ2) is 5.58. The van der Waals surface area contributed by atoms with Crippen molar-refractivity contribution < 1.29 is 14.4 Å². The first-order valence-electron chi connectivity index (χ1n) is 4.34. The molecule has 0 saturated heterocycles. The molecule has 0 spiro atoms. The van der Waals surface area contributed by atoms with Gasteiger partial charge < -0.3 is 4.74 Å². The standard InChI is InChI=1S/C10H12ClNO3/c1-7-3-4-8(11)5-9(7)15-6-10(13)12-14-2/h3-5H,6H2,1-2H3,(H,12,13). The molecule has 82 valence electrons. The molecule has 1 aromatic rings. The molecular weight excluding hydrogens is 218 g/mol. The highest BCUT2D eigenvalue weighted by Gasteiger charge is 2.04. The number of nitrogens with one attached hydrogen (secondary N) is 1. The van der Waals surface area contributed by atoms with Crippen molar-refractivity contribution in [3.63, 3.8) is 0 Å². The summed E-state index contributed by atoms with van der Waals surface area (Å²) in [4.78, 5) is 15.5. The van der Waals surface area contributed by atoms with E-state index in [2.05, 4.69) is 10.3 Å². The number of ether oxygens (including phenoxy) is 1. The summed E-state index contributed by atoms with van der Waals surface area (Å²) in [5.74, 6) is 0.241. The highest BCUT2D eigenvalue weighted by molar-refractivity contribution is 6.30. The maximum absolute atomic E-state index is 11.0. The van der Waals surface area contributed by atoms with Crippen LogP contribution in [-0.4, -0.2) is 19.6 Å². The number of hydroxylamine groups is 1. The summed E-state index contributed by atoms with van der Waals surface area (Å²) in [6.45, 7) is 1.77. The van der Waals surface area contributed by atoms with E-state index in [0.29, 0.717) is 10.8 Å². The van der Waals surface area contributed by atoms with Crippen molar-refractivity contribution in [2.75, 3.05) is 13.7 Å². The second-order valence-corrected chi connectivity index (χ2v) is 3.36. The van der Waals surface area contributed by atoms with E-state index in [0.717, 1.165) is 5.56 Å². The van der Waals surface area contributed by atoms with E-state index in [1.807, 2.05) is 13.0 Å². The summed E-state index contributed by atoms with van der Waals surface area (Å²) in [6, 6.07) is 5.25. The smallest absolute Gasteiger partial charge is 0.281 e. The lowest BCUT2D eigenvalue weighted by atomic mass is 10.2. The van der Waals surface area contributed by atoms with Crippen LogP contribution in [0.4, 0.5) is 0 Å². The van der Waals surface area contributed by atoms with Crippen LogP contribution in [0.25, 0.3) is 0 Å². The second-order valence-electron chi connectivity index (χ2n) is 2.93. The molecule has 0 aliphatic rings. The third kappa shape index (κ3) is 3.77. The maximum Gasteiger partial charge on any atom is 0.281 e. The van der Waals surface area contributed by atoms with Crippen LogP contribution in [0.5, 0.6) is 5.75 Å². The molecule has 15 heavy (non-hydrogen) atoms. The maximum atomic E-state index is 11.0. The zero-order valence-electron chi connectivity index (χ0n) is 8.54. The summed E-state index contributed by atoms with van der Waals surface area (Å²) in [6.07, 6.45) is 0. The Balaban J connectivity index is 2.57. The van der Waals surface area contributed by atoms with Gasteiger partial charge in [0.15, 0.2) is 6.61 Å². The van der Waals surface area contributed by atoms with Gasteiger partial charge in [0.25, 0.3) is 5.91 Å². The Bertz CT molecular complexity index is 355. The topological polar surface area (TPSA) is 47.6 Å². The van der Waals surface area contributed by atoms with E-state index in [1.165, 1.54) is 7.11 Å². The minimum Gasteiger partial charge on any atom is -0.483 e. The zero-order valence-corrected chi connectivity index (χ0v) is 9.30. The molecular formula is C10H12ClNO3. The van der Waals surface area contributed by atoms with Gasteiger partial charge in [0.2, 0.25) is 0 Å². The van der Waals surface area contributed by atoms with Crippen LogP contribution in [0, 0.1) is 6.92 Å². The molecule has 1 amide bonds. The third-order valence-corrected chi connectivity index (χ3v) is 1.96. The van der Waals surface area contributed by atoms with Gasteiger partial charge >= 0.3 is 0 Å². The third-order valence-electron chi connectivity index (χ3n) is 1.72. The number of carbonyl (C=O) groups is 1. The Kier molecular flexibility index (Phi) is 4.39. The van der Waals surface area contributed by atoms with Crippen molar-refractivity contribution in [3.8, 4) is 5.75 Å². The number of halogens is 1.